The van der Waals surface area contributed by atoms with Crippen LogP contribution in [0.5, 0.6) is 0 Å². The first-order valence-corrected chi connectivity index (χ1v) is 8.49. The van der Waals surface area contributed by atoms with E-state index in [0.29, 0.717) is 10.7 Å². The second kappa shape index (κ2) is 7.12. The fraction of sp³-hybridized carbons (Fsp3) is 0.235. The number of rotatable bonds is 3. The molecule has 1 N–H and O–H groups in total. The number of carbonyl (C=O) groups is 1. The van der Waals surface area contributed by atoms with Crippen molar-refractivity contribution in [1.29, 1.82) is 0 Å². The fourth-order valence-electron chi connectivity index (χ4n) is 1.88. The number of amides is 1. The molecule has 1 amide bonds. The van der Waals surface area contributed by atoms with Crippen molar-refractivity contribution in [3.63, 3.8) is 0 Å². The third-order valence-electron chi connectivity index (χ3n) is 2.82. The summed E-state index contributed by atoms with van der Waals surface area (Å²) in [5, 5.41) is 2.93. The van der Waals surface area contributed by atoms with E-state index >= 15 is 0 Å². The molecule has 0 aliphatic carbocycles. The van der Waals surface area contributed by atoms with Gasteiger partial charge in [0.2, 0.25) is 0 Å². The summed E-state index contributed by atoms with van der Waals surface area (Å²) < 4.78 is 13.5. The number of carbonyl (C=O) groups excluding carboxylic acids is 1. The quantitative estimate of drug-likeness (QED) is 0.643. The molecule has 6 heteroatoms. The summed E-state index contributed by atoms with van der Waals surface area (Å²) in [5.74, 6) is -1.14. The monoisotopic (exact) mass is 371 g/mol. The van der Waals surface area contributed by atoms with Gasteiger partial charge in [0.05, 0.1) is 21.3 Å². The Morgan fingerprint density at radius 2 is 1.74 bits per heavy atom. The van der Waals surface area contributed by atoms with Gasteiger partial charge in [0.1, 0.15) is 5.82 Å². The lowest BCUT2D eigenvalue weighted by Crippen LogP contribution is -2.14. The van der Waals surface area contributed by atoms with Crippen molar-refractivity contribution in [2.24, 2.45) is 0 Å². The highest BCUT2D eigenvalue weighted by Crippen LogP contribution is 2.39. The maximum atomic E-state index is 13.5. The summed E-state index contributed by atoms with van der Waals surface area (Å²) in [4.78, 5) is 13.2. The molecule has 122 valence electrons. The Hall–Kier alpha value is -1.23. The number of hydrogen-bond acceptors (Lipinski definition) is 2. The lowest BCUT2D eigenvalue weighted by molar-refractivity contribution is 0.102. The summed E-state index contributed by atoms with van der Waals surface area (Å²) in [6.07, 6.45) is 0. The molecule has 0 aromatic heterocycles. The second-order valence-electron chi connectivity index (χ2n) is 5.89. The highest BCUT2D eigenvalue weighted by atomic mass is 35.5. The van der Waals surface area contributed by atoms with E-state index in [-0.39, 0.29) is 15.3 Å². The number of halogens is 3. The average molecular weight is 372 g/mol. The zero-order chi connectivity index (χ0) is 17.2. The number of benzene rings is 2. The Bertz CT molecular complexity index is 744. The van der Waals surface area contributed by atoms with E-state index in [4.69, 9.17) is 23.2 Å². The molecule has 0 bridgehead atoms. The molecule has 0 saturated carbocycles. The van der Waals surface area contributed by atoms with Crippen LogP contribution in [0.1, 0.15) is 31.1 Å². The van der Waals surface area contributed by atoms with E-state index in [1.165, 1.54) is 18.2 Å². The zero-order valence-electron chi connectivity index (χ0n) is 12.9. The van der Waals surface area contributed by atoms with Gasteiger partial charge in [-0.1, -0.05) is 56.1 Å². The predicted octanol–water partition coefficient (Wildman–Crippen LogP) is 6.28. The van der Waals surface area contributed by atoms with Crippen LogP contribution in [0.4, 0.5) is 10.1 Å². The molecule has 0 spiro atoms. The van der Waals surface area contributed by atoms with Gasteiger partial charge in [-0.2, -0.15) is 0 Å². The molecule has 2 rings (SSSR count). The number of nitrogens with one attached hydrogen (secondary N) is 1. The Morgan fingerprint density at radius 3 is 2.39 bits per heavy atom. The van der Waals surface area contributed by atoms with Crippen LogP contribution in [0.25, 0.3) is 0 Å². The Kier molecular flexibility index (Phi) is 5.61. The third-order valence-corrected chi connectivity index (χ3v) is 4.90. The predicted molar refractivity (Wildman–Crippen MR) is 96.4 cm³/mol. The minimum absolute atomic E-state index is 0.0157. The van der Waals surface area contributed by atoms with Crippen molar-refractivity contribution in [2.75, 3.05) is 5.32 Å². The molecule has 0 unspecified atom stereocenters. The van der Waals surface area contributed by atoms with Crippen LogP contribution in [-0.4, -0.2) is 10.7 Å². The van der Waals surface area contributed by atoms with Crippen LogP contribution in [0, 0.1) is 5.82 Å². The van der Waals surface area contributed by atoms with Gasteiger partial charge in [-0.15, -0.1) is 11.8 Å². The lowest BCUT2D eigenvalue weighted by Gasteiger charge is -2.19. The molecule has 2 nitrogen and oxygen atoms in total. The molecule has 0 radical (unpaired) electrons. The molecule has 0 heterocycles. The van der Waals surface area contributed by atoms with Crippen LogP contribution < -0.4 is 5.32 Å². The van der Waals surface area contributed by atoms with Crippen molar-refractivity contribution in [3.05, 3.63) is 57.8 Å². The number of thioether (sulfide) groups is 1. The van der Waals surface area contributed by atoms with Crippen LogP contribution in [0.2, 0.25) is 10.0 Å². The van der Waals surface area contributed by atoms with Crippen molar-refractivity contribution in [1.82, 2.24) is 0 Å². The number of hydrogen-bond donors (Lipinski definition) is 1. The molecule has 2 aromatic carbocycles. The third kappa shape index (κ3) is 4.63. The molecule has 2 aromatic rings. The largest absolute Gasteiger partial charge is 0.321 e. The van der Waals surface area contributed by atoms with E-state index in [0.717, 1.165) is 4.90 Å². The van der Waals surface area contributed by atoms with Gasteiger partial charge >= 0.3 is 0 Å². The lowest BCUT2D eigenvalue weighted by atomic mass is 10.2. The van der Waals surface area contributed by atoms with E-state index in [1.807, 2.05) is 12.1 Å². The van der Waals surface area contributed by atoms with Crippen LogP contribution in [0.3, 0.4) is 0 Å². The van der Waals surface area contributed by atoms with E-state index in [2.05, 4.69) is 26.1 Å². The first-order chi connectivity index (χ1) is 10.7. The number of anilines is 1. The summed E-state index contributed by atoms with van der Waals surface area (Å²) in [6, 6.07) is 9.49. The Morgan fingerprint density at radius 1 is 1.09 bits per heavy atom. The highest BCUT2D eigenvalue weighted by Gasteiger charge is 2.18. The maximum absolute atomic E-state index is 13.5. The van der Waals surface area contributed by atoms with Crippen molar-refractivity contribution in [2.45, 2.75) is 30.4 Å². The molecular weight excluding hydrogens is 356 g/mol. The first-order valence-electron chi connectivity index (χ1n) is 6.92. The minimum atomic E-state index is -0.637. The standard InChI is InChI=1S/C17H16Cl2FNOS/c1-17(2,3)23-13-9-5-8-12(15(13)19)21-16(22)10-6-4-7-11(20)14(10)18/h4-9H,1-3H3,(H,21,22). The zero-order valence-corrected chi connectivity index (χ0v) is 15.2. The highest BCUT2D eigenvalue weighted by molar-refractivity contribution is 8.00. The normalized spacial score (nSPS) is 11.4. The second-order valence-corrected chi connectivity index (χ2v) is 8.51. The summed E-state index contributed by atoms with van der Waals surface area (Å²) in [6.45, 7) is 6.23. The molecule has 0 atom stereocenters. The topological polar surface area (TPSA) is 29.1 Å². The fourth-order valence-corrected chi connectivity index (χ4v) is 3.39. The van der Waals surface area contributed by atoms with Gasteiger partial charge in [-0.05, 0) is 24.3 Å². The minimum Gasteiger partial charge on any atom is -0.321 e. The van der Waals surface area contributed by atoms with Gasteiger partial charge in [0.15, 0.2) is 0 Å². The van der Waals surface area contributed by atoms with Crippen LogP contribution >= 0.6 is 35.0 Å². The van der Waals surface area contributed by atoms with Gasteiger partial charge in [0.25, 0.3) is 5.91 Å². The van der Waals surface area contributed by atoms with Gasteiger partial charge in [-0.3, -0.25) is 4.79 Å². The molecule has 0 fully saturated rings. The Labute approximate surface area is 149 Å². The first kappa shape index (κ1) is 18.1. The SMILES string of the molecule is CC(C)(C)Sc1cccc(NC(=O)c2cccc(F)c2Cl)c1Cl. The molecule has 23 heavy (non-hydrogen) atoms. The van der Waals surface area contributed by atoms with Crippen molar-refractivity contribution in [3.8, 4) is 0 Å². The summed E-state index contributed by atoms with van der Waals surface area (Å²) in [5.41, 5.74) is 0.530. The molecule has 0 saturated heterocycles. The van der Waals surface area contributed by atoms with Crippen LogP contribution in [-0.2, 0) is 0 Å². The van der Waals surface area contributed by atoms with E-state index in [1.54, 1.807) is 17.8 Å². The van der Waals surface area contributed by atoms with Crippen molar-refractivity contribution >= 4 is 46.6 Å². The van der Waals surface area contributed by atoms with Gasteiger partial charge < -0.3 is 5.32 Å². The van der Waals surface area contributed by atoms with Crippen molar-refractivity contribution < 1.29 is 9.18 Å². The smallest absolute Gasteiger partial charge is 0.257 e. The maximum Gasteiger partial charge on any atom is 0.257 e. The molecule has 0 aliphatic rings. The Balaban J connectivity index is 2.28. The molecular formula is C17H16Cl2FNOS. The van der Waals surface area contributed by atoms with E-state index in [9.17, 15) is 9.18 Å². The van der Waals surface area contributed by atoms with E-state index < -0.39 is 11.7 Å². The molecule has 0 aliphatic heterocycles. The van der Waals surface area contributed by atoms with Crippen LogP contribution in [0.15, 0.2) is 41.3 Å². The summed E-state index contributed by atoms with van der Waals surface area (Å²) in [7, 11) is 0. The van der Waals surface area contributed by atoms with Gasteiger partial charge in [0, 0.05) is 9.64 Å². The average Bonchev–Trinajstić information content (AvgIpc) is 2.44. The van der Waals surface area contributed by atoms with Gasteiger partial charge in [-0.25, -0.2) is 4.39 Å². The summed E-state index contributed by atoms with van der Waals surface area (Å²) >= 11 is 13.8.